The van der Waals surface area contributed by atoms with Gasteiger partial charge in [0.25, 0.3) is 5.69 Å². The lowest BCUT2D eigenvalue weighted by Gasteiger charge is -2.00. The van der Waals surface area contributed by atoms with Crippen molar-refractivity contribution in [1.29, 1.82) is 0 Å². The van der Waals surface area contributed by atoms with Crippen LogP contribution in [0.15, 0.2) is 18.3 Å². The molecular weight excluding hydrogens is 240 g/mol. The van der Waals surface area contributed by atoms with Crippen LogP contribution < -0.4 is 0 Å². The first kappa shape index (κ1) is 11.9. The summed E-state index contributed by atoms with van der Waals surface area (Å²) in [6, 6.07) is 2.44. The molecule has 7 heteroatoms. The number of non-ortho nitro benzene ring substituents is 1. The van der Waals surface area contributed by atoms with E-state index in [1.54, 1.807) is 0 Å². The van der Waals surface area contributed by atoms with E-state index in [-0.39, 0.29) is 35.2 Å². The molecule has 2 rings (SSSR count). The molecule has 18 heavy (non-hydrogen) atoms. The molecule has 0 fully saturated rings. The second-order valence-corrected chi connectivity index (χ2v) is 3.82. The first-order valence-electron chi connectivity index (χ1n) is 5.19. The minimum absolute atomic E-state index is 0.0998. The van der Waals surface area contributed by atoms with Gasteiger partial charge in [-0.25, -0.2) is 0 Å². The first-order valence-corrected chi connectivity index (χ1v) is 5.19. The van der Waals surface area contributed by atoms with E-state index in [9.17, 15) is 20.0 Å². The zero-order valence-corrected chi connectivity index (χ0v) is 9.21. The summed E-state index contributed by atoms with van der Waals surface area (Å²) >= 11 is 0. The van der Waals surface area contributed by atoms with Crippen LogP contribution in [0.3, 0.4) is 0 Å². The first-order chi connectivity index (χ1) is 8.50. The van der Waals surface area contributed by atoms with E-state index in [1.165, 1.54) is 18.3 Å². The van der Waals surface area contributed by atoms with E-state index in [1.807, 2.05) is 0 Å². The van der Waals surface area contributed by atoms with E-state index in [0.717, 1.165) is 0 Å². The second kappa shape index (κ2) is 4.36. The minimum atomic E-state index is -0.979. The van der Waals surface area contributed by atoms with Crippen molar-refractivity contribution >= 4 is 22.6 Å². The highest BCUT2D eigenvalue weighted by Gasteiger charge is 2.19. The molecule has 2 aromatic rings. The fourth-order valence-electron chi connectivity index (χ4n) is 1.87. The summed E-state index contributed by atoms with van der Waals surface area (Å²) in [5.41, 5.74) is 0.615. The lowest BCUT2D eigenvalue weighted by molar-refractivity contribution is -0.383. The second-order valence-electron chi connectivity index (χ2n) is 3.82. The lowest BCUT2D eigenvalue weighted by atomic mass is 10.1. The summed E-state index contributed by atoms with van der Waals surface area (Å²) < 4.78 is 0. The number of nitrogens with one attached hydrogen (secondary N) is 1. The van der Waals surface area contributed by atoms with Crippen LogP contribution in [-0.4, -0.2) is 26.1 Å². The van der Waals surface area contributed by atoms with Gasteiger partial charge in [0, 0.05) is 18.7 Å². The maximum Gasteiger partial charge on any atom is 0.303 e. The summed E-state index contributed by atoms with van der Waals surface area (Å²) in [6.45, 7) is 0. The Morgan fingerprint density at radius 3 is 2.78 bits per heavy atom. The number of benzene rings is 1. The molecule has 7 nitrogen and oxygen atoms in total. The van der Waals surface area contributed by atoms with E-state index in [2.05, 4.69) is 4.98 Å². The Bertz CT molecular complexity index is 632. The van der Waals surface area contributed by atoms with Gasteiger partial charge in [-0.05, 0) is 18.1 Å². The number of hydrogen-bond donors (Lipinski definition) is 3. The zero-order valence-electron chi connectivity index (χ0n) is 9.21. The summed E-state index contributed by atoms with van der Waals surface area (Å²) in [4.78, 5) is 23.6. The Labute approximate surface area is 101 Å². The molecule has 1 heterocycles. The van der Waals surface area contributed by atoms with Gasteiger partial charge in [0.15, 0.2) is 0 Å². The molecule has 0 aliphatic rings. The molecule has 0 spiro atoms. The SMILES string of the molecule is O=C(O)CCc1c[nH]c2c(O)ccc([N+](=O)[O-])c12. The molecular formula is C11H10N2O5. The third-order valence-electron chi connectivity index (χ3n) is 2.68. The van der Waals surface area contributed by atoms with Gasteiger partial charge in [-0.1, -0.05) is 0 Å². The molecule has 0 aliphatic heterocycles. The number of aromatic hydroxyl groups is 1. The molecule has 0 amide bonds. The zero-order chi connectivity index (χ0) is 13.3. The average molecular weight is 250 g/mol. The van der Waals surface area contributed by atoms with Gasteiger partial charge in [0.2, 0.25) is 0 Å². The highest BCUT2D eigenvalue weighted by atomic mass is 16.6. The van der Waals surface area contributed by atoms with Crippen molar-refractivity contribution in [1.82, 2.24) is 4.98 Å². The van der Waals surface area contributed by atoms with Gasteiger partial charge in [0.1, 0.15) is 5.75 Å². The summed E-state index contributed by atoms with van der Waals surface area (Å²) in [6.07, 6.45) is 1.53. The standard InChI is InChI=1S/C11H10N2O5/c14-8-3-2-7(13(17)18)10-6(1-4-9(15)16)5-12-11(8)10/h2-3,5,12,14H,1,4H2,(H,15,16). The maximum absolute atomic E-state index is 10.9. The van der Waals surface area contributed by atoms with Crippen LogP contribution >= 0.6 is 0 Å². The van der Waals surface area contributed by atoms with E-state index in [4.69, 9.17) is 5.11 Å². The number of nitro benzene ring substituents is 1. The maximum atomic E-state index is 10.9. The highest BCUT2D eigenvalue weighted by molar-refractivity contribution is 5.95. The van der Waals surface area contributed by atoms with Gasteiger partial charge in [0.05, 0.1) is 15.8 Å². The molecule has 0 saturated carbocycles. The van der Waals surface area contributed by atoms with Crippen LogP contribution in [-0.2, 0) is 11.2 Å². The summed E-state index contributed by atoms with van der Waals surface area (Å²) in [5, 5.41) is 29.4. The number of aliphatic carboxylic acids is 1. The van der Waals surface area contributed by atoms with Crippen LogP contribution in [0.25, 0.3) is 10.9 Å². The molecule has 1 aromatic carbocycles. The number of carboxylic acids is 1. The highest BCUT2D eigenvalue weighted by Crippen LogP contribution is 2.34. The quantitative estimate of drug-likeness (QED) is 0.565. The Hall–Kier alpha value is -2.57. The summed E-state index contributed by atoms with van der Waals surface area (Å²) in [5.74, 6) is -1.08. The Morgan fingerprint density at radius 1 is 1.44 bits per heavy atom. The van der Waals surface area contributed by atoms with Crippen LogP contribution in [0.4, 0.5) is 5.69 Å². The van der Waals surface area contributed by atoms with Crippen LogP contribution in [0, 0.1) is 10.1 Å². The number of aryl methyl sites for hydroxylation is 1. The smallest absolute Gasteiger partial charge is 0.303 e. The van der Waals surface area contributed by atoms with Gasteiger partial charge >= 0.3 is 5.97 Å². The molecule has 1 aromatic heterocycles. The van der Waals surface area contributed by atoms with E-state index >= 15 is 0 Å². The number of hydrogen-bond acceptors (Lipinski definition) is 4. The molecule has 0 radical (unpaired) electrons. The van der Waals surface area contributed by atoms with Crippen molar-refractivity contribution in [3.8, 4) is 5.75 Å². The van der Waals surface area contributed by atoms with Gasteiger partial charge < -0.3 is 15.2 Å². The number of carboxylic acid groups (broad SMARTS) is 1. The molecule has 0 bridgehead atoms. The number of rotatable bonds is 4. The van der Waals surface area contributed by atoms with Crippen LogP contribution in [0.5, 0.6) is 5.75 Å². The lowest BCUT2D eigenvalue weighted by Crippen LogP contribution is -1.97. The molecule has 0 aliphatic carbocycles. The van der Waals surface area contributed by atoms with Gasteiger partial charge in [-0.3, -0.25) is 14.9 Å². The molecule has 0 unspecified atom stereocenters. The van der Waals surface area contributed by atoms with Crippen molar-refractivity contribution in [2.24, 2.45) is 0 Å². The predicted octanol–water partition coefficient (Wildman–Crippen LogP) is 1.80. The number of aromatic amines is 1. The fourth-order valence-corrected chi connectivity index (χ4v) is 1.87. The molecule has 0 atom stereocenters. The topological polar surface area (TPSA) is 116 Å². The molecule has 0 saturated heterocycles. The van der Waals surface area contributed by atoms with Crippen molar-refractivity contribution in [3.05, 3.63) is 34.0 Å². The van der Waals surface area contributed by atoms with Gasteiger partial charge in [-0.15, -0.1) is 0 Å². The van der Waals surface area contributed by atoms with Crippen molar-refractivity contribution in [2.45, 2.75) is 12.8 Å². The predicted molar refractivity (Wildman–Crippen MR) is 62.6 cm³/mol. The minimum Gasteiger partial charge on any atom is -0.506 e. The van der Waals surface area contributed by atoms with E-state index < -0.39 is 10.9 Å². The Morgan fingerprint density at radius 2 is 2.17 bits per heavy atom. The number of phenolic OH excluding ortho intramolecular Hbond substituents is 1. The number of carbonyl (C=O) groups is 1. The normalized spacial score (nSPS) is 10.7. The number of nitrogens with zero attached hydrogens (tertiary/aromatic N) is 1. The third kappa shape index (κ3) is 1.97. The van der Waals surface area contributed by atoms with Crippen LogP contribution in [0.1, 0.15) is 12.0 Å². The number of nitro groups is 1. The average Bonchev–Trinajstić information content (AvgIpc) is 2.71. The van der Waals surface area contributed by atoms with Crippen molar-refractivity contribution in [3.63, 3.8) is 0 Å². The van der Waals surface area contributed by atoms with Crippen molar-refractivity contribution in [2.75, 3.05) is 0 Å². The monoisotopic (exact) mass is 250 g/mol. The van der Waals surface area contributed by atoms with E-state index in [0.29, 0.717) is 5.56 Å². The fraction of sp³-hybridized carbons (Fsp3) is 0.182. The molecule has 94 valence electrons. The number of aromatic nitrogens is 1. The molecule has 3 N–H and O–H groups in total. The number of H-pyrrole nitrogens is 1. The third-order valence-corrected chi connectivity index (χ3v) is 2.68. The number of fused-ring (bicyclic) bond motifs is 1. The number of phenols is 1. The Balaban J connectivity index is 2.57. The van der Waals surface area contributed by atoms with Crippen LogP contribution in [0.2, 0.25) is 0 Å². The summed E-state index contributed by atoms with van der Waals surface area (Å²) in [7, 11) is 0. The van der Waals surface area contributed by atoms with Gasteiger partial charge in [-0.2, -0.15) is 0 Å². The largest absolute Gasteiger partial charge is 0.506 e. The van der Waals surface area contributed by atoms with Crippen molar-refractivity contribution < 1.29 is 19.9 Å². The Kier molecular flexibility index (Phi) is 2.88.